The van der Waals surface area contributed by atoms with Crippen molar-refractivity contribution in [1.82, 2.24) is 10.6 Å². The summed E-state index contributed by atoms with van der Waals surface area (Å²) in [5.41, 5.74) is 4.63. The molecule has 0 spiro atoms. The lowest BCUT2D eigenvalue weighted by molar-refractivity contribution is -0.137. The summed E-state index contributed by atoms with van der Waals surface area (Å²) < 4.78 is 5.62. The van der Waals surface area contributed by atoms with Crippen molar-refractivity contribution in [1.29, 1.82) is 0 Å². The van der Waals surface area contributed by atoms with Crippen LogP contribution >= 0.6 is 0 Å². The lowest BCUT2D eigenvalue weighted by atomic mass is 9.98. The molecule has 3 N–H and O–H groups in total. The molecule has 0 radical (unpaired) electrons. The van der Waals surface area contributed by atoms with Crippen LogP contribution in [0.2, 0.25) is 0 Å². The number of aliphatic carboxylic acids is 1. The summed E-state index contributed by atoms with van der Waals surface area (Å²) in [6.45, 7) is 6.41. The van der Waals surface area contributed by atoms with E-state index in [2.05, 4.69) is 34.9 Å². The van der Waals surface area contributed by atoms with E-state index in [9.17, 15) is 14.4 Å². The van der Waals surface area contributed by atoms with E-state index in [0.717, 1.165) is 11.1 Å². The number of nitrogens with one attached hydrogen (secondary N) is 2. The molecule has 0 bridgehead atoms. The number of fused-ring (bicyclic) bond motifs is 3. The molecule has 0 aromatic heterocycles. The highest BCUT2D eigenvalue weighted by Crippen LogP contribution is 2.44. The molecule has 0 aliphatic heterocycles. The largest absolute Gasteiger partial charge is 0.481 e. The Morgan fingerprint density at radius 3 is 2.12 bits per heavy atom. The van der Waals surface area contributed by atoms with Crippen LogP contribution in [0, 0.1) is 11.8 Å². The molecule has 3 rings (SSSR count). The highest BCUT2D eigenvalue weighted by atomic mass is 16.5. The first kappa shape index (κ1) is 25.3. The number of ether oxygens (including phenoxy) is 1. The zero-order chi connectivity index (χ0) is 24.7. The van der Waals surface area contributed by atoms with E-state index in [-0.39, 0.29) is 49.2 Å². The van der Waals surface area contributed by atoms with Gasteiger partial charge in [0.1, 0.15) is 6.61 Å². The number of alkyl carbamates (subject to hydrolysis) is 1. The number of carboxylic acid groups (broad SMARTS) is 1. The van der Waals surface area contributed by atoms with Gasteiger partial charge in [-0.3, -0.25) is 9.59 Å². The van der Waals surface area contributed by atoms with Crippen molar-refractivity contribution in [3.05, 3.63) is 59.7 Å². The minimum Gasteiger partial charge on any atom is -0.481 e. The maximum atomic E-state index is 12.6. The first-order valence-corrected chi connectivity index (χ1v) is 11.9. The Morgan fingerprint density at radius 1 is 0.971 bits per heavy atom. The number of carbonyl (C=O) groups excluding carboxylic acids is 2. The maximum absolute atomic E-state index is 12.6. The minimum absolute atomic E-state index is 0.0220. The second-order valence-electron chi connectivity index (χ2n) is 9.37. The summed E-state index contributed by atoms with van der Waals surface area (Å²) in [7, 11) is 0. The van der Waals surface area contributed by atoms with Gasteiger partial charge in [0.25, 0.3) is 0 Å². The topological polar surface area (TPSA) is 105 Å². The molecule has 7 heteroatoms. The van der Waals surface area contributed by atoms with Crippen LogP contribution in [0.4, 0.5) is 4.79 Å². The molecule has 1 aliphatic rings. The molecule has 1 unspecified atom stereocenters. The Bertz CT molecular complexity index is 974. The van der Waals surface area contributed by atoms with Gasteiger partial charge in [-0.25, -0.2) is 4.79 Å². The van der Waals surface area contributed by atoms with Crippen LogP contribution in [0.5, 0.6) is 0 Å². The van der Waals surface area contributed by atoms with Crippen LogP contribution in [0.15, 0.2) is 48.5 Å². The summed E-state index contributed by atoms with van der Waals surface area (Å²) in [4.78, 5) is 35.7. The normalized spacial score (nSPS) is 14.1. The molecule has 2 aromatic rings. The summed E-state index contributed by atoms with van der Waals surface area (Å²) in [6, 6.07) is 16.0. The van der Waals surface area contributed by atoms with Crippen LogP contribution < -0.4 is 10.6 Å². The number of rotatable bonds is 11. The molecule has 0 saturated heterocycles. The molecular formula is C27H34N2O5. The fourth-order valence-electron chi connectivity index (χ4n) is 4.28. The average molecular weight is 467 g/mol. The van der Waals surface area contributed by atoms with E-state index in [1.54, 1.807) is 0 Å². The van der Waals surface area contributed by atoms with Crippen molar-refractivity contribution in [2.45, 2.75) is 52.0 Å². The average Bonchev–Trinajstić information content (AvgIpc) is 3.13. The van der Waals surface area contributed by atoms with E-state index in [1.165, 1.54) is 11.1 Å². The zero-order valence-corrected chi connectivity index (χ0v) is 20.0. The quantitative estimate of drug-likeness (QED) is 0.450. The summed E-state index contributed by atoms with van der Waals surface area (Å²) in [5.74, 6) is -0.945. The molecule has 2 atom stereocenters. The van der Waals surface area contributed by atoms with Crippen molar-refractivity contribution in [3.63, 3.8) is 0 Å². The van der Waals surface area contributed by atoms with Gasteiger partial charge in [0, 0.05) is 31.3 Å². The Balaban J connectivity index is 1.52. The molecule has 0 saturated carbocycles. The molecule has 0 fully saturated rings. The zero-order valence-electron chi connectivity index (χ0n) is 20.0. The number of carboxylic acids is 1. The highest BCUT2D eigenvalue weighted by molar-refractivity contribution is 5.79. The van der Waals surface area contributed by atoms with Crippen LogP contribution in [-0.4, -0.2) is 42.3 Å². The van der Waals surface area contributed by atoms with Crippen LogP contribution in [0.1, 0.15) is 57.1 Å². The van der Waals surface area contributed by atoms with Crippen molar-refractivity contribution in [3.8, 4) is 11.1 Å². The van der Waals surface area contributed by atoms with Gasteiger partial charge in [-0.1, -0.05) is 69.3 Å². The number of amides is 2. The number of carbonyl (C=O) groups is 3. The van der Waals surface area contributed by atoms with Crippen molar-refractivity contribution < 1.29 is 24.2 Å². The van der Waals surface area contributed by atoms with E-state index in [0.29, 0.717) is 13.0 Å². The molecule has 0 heterocycles. The van der Waals surface area contributed by atoms with E-state index in [4.69, 9.17) is 9.84 Å². The predicted octanol–water partition coefficient (Wildman–Crippen LogP) is 4.56. The fraction of sp³-hybridized carbons (Fsp3) is 0.444. The lowest BCUT2D eigenvalue weighted by Gasteiger charge is -2.23. The number of hydrogen-bond acceptors (Lipinski definition) is 4. The Labute approximate surface area is 200 Å². The summed E-state index contributed by atoms with van der Waals surface area (Å²) >= 11 is 0. The second kappa shape index (κ2) is 11.7. The SMILES string of the molecule is CC(CCC(=O)O)CNC(=O)C[C@@H](NC(=O)OCC1c2ccccc2-c2ccccc21)C(C)C. The third-order valence-electron chi connectivity index (χ3n) is 6.36. The third kappa shape index (κ3) is 6.59. The highest BCUT2D eigenvalue weighted by Gasteiger charge is 2.29. The van der Waals surface area contributed by atoms with Gasteiger partial charge in [-0.05, 0) is 40.5 Å². The van der Waals surface area contributed by atoms with Crippen molar-refractivity contribution in [2.75, 3.05) is 13.2 Å². The monoisotopic (exact) mass is 466 g/mol. The smallest absolute Gasteiger partial charge is 0.407 e. The van der Waals surface area contributed by atoms with Crippen LogP contribution in [0.3, 0.4) is 0 Å². The number of hydrogen-bond donors (Lipinski definition) is 3. The van der Waals surface area contributed by atoms with Gasteiger partial charge in [-0.15, -0.1) is 0 Å². The van der Waals surface area contributed by atoms with Crippen molar-refractivity contribution in [2.24, 2.45) is 11.8 Å². The van der Waals surface area contributed by atoms with Gasteiger partial charge in [-0.2, -0.15) is 0 Å². The molecule has 34 heavy (non-hydrogen) atoms. The summed E-state index contributed by atoms with van der Waals surface area (Å²) in [5, 5.41) is 14.5. The molecule has 2 amide bonds. The fourth-order valence-corrected chi connectivity index (χ4v) is 4.28. The van der Waals surface area contributed by atoms with Crippen LogP contribution in [0.25, 0.3) is 11.1 Å². The first-order valence-electron chi connectivity index (χ1n) is 11.9. The predicted molar refractivity (Wildman–Crippen MR) is 130 cm³/mol. The Kier molecular flexibility index (Phi) is 8.68. The van der Waals surface area contributed by atoms with Gasteiger partial charge in [0.15, 0.2) is 0 Å². The van der Waals surface area contributed by atoms with Gasteiger partial charge >= 0.3 is 12.1 Å². The summed E-state index contributed by atoms with van der Waals surface area (Å²) in [6.07, 6.45) is 0.173. The minimum atomic E-state index is -0.842. The molecule has 7 nitrogen and oxygen atoms in total. The standard InChI is InChI=1S/C27H34N2O5/c1-17(2)24(14-25(30)28-15-18(3)12-13-26(31)32)29-27(33)34-16-23-21-10-6-4-8-19(21)20-9-5-7-11-22(20)23/h4-11,17-18,23-24H,12-16H2,1-3H3,(H,28,30)(H,29,33)(H,31,32)/t18?,24-/m1/s1. The van der Waals surface area contributed by atoms with E-state index in [1.807, 2.05) is 45.0 Å². The number of benzene rings is 2. The third-order valence-corrected chi connectivity index (χ3v) is 6.36. The van der Waals surface area contributed by atoms with Gasteiger partial charge in [0.2, 0.25) is 5.91 Å². The molecule has 1 aliphatic carbocycles. The Hall–Kier alpha value is -3.35. The Morgan fingerprint density at radius 2 is 1.56 bits per heavy atom. The first-order chi connectivity index (χ1) is 16.3. The van der Waals surface area contributed by atoms with Crippen LogP contribution in [-0.2, 0) is 14.3 Å². The van der Waals surface area contributed by atoms with Gasteiger partial charge in [0.05, 0.1) is 0 Å². The molecule has 2 aromatic carbocycles. The molecule has 182 valence electrons. The van der Waals surface area contributed by atoms with E-state index < -0.39 is 12.1 Å². The van der Waals surface area contributed by atoms with Crippen molar-refractivity contribution >= 4 is 18.0 Å². The lowest BCUT2D eigenvalue weighted by Crippen LogP contribution is -2.43. The molecular weight excluding hydrogens is 432 g/mol. The van der Waals surface area contributed by atoms with E-state index >= 15 is 0 Å². The maximum Gasteiger partial charge on any atom is 0.407 e. The van der Waals surface area contributed by atoms with Gasteiger partial charge < -0.3 is 20.5 Å². The second-order valence-corrected chi connectivity index (χ2v) is 9.37.